The van der Waals surface area contributed by atoms with Crippen LogP contribution in [-0.2, 0) is 0 Å². The zero-order valence-corrected chi connectivity index (χ0v) is 10.2. The summed E-state index contributed by atoms with van der Waals surface area (Å²) in [4.78, 5) is 14.8. The van der Waals surface area contributed by atoms with E-state index >= 15 is 0 Å². The van der Waals surface area contributed by atoms with Crippen LogP contribution >= 0.6 is 0 Å². The molecule has 0 heterocycles. The van der Waals surface area contributed by atoms with Crippen molar-refractivity contribution < 1.29 is 9.90 Å². The average molecular weight is 251 g/mol. The van der Waals surface area contributed by atoms with Gasteiger partial charge in [-0.2, -0.15) is 0 Å². The number of nitrogens with zero attached hydrogens (tertiary/aromatic N) is 1. The van der Waals surface area contributed by atoms with Gasteiger partial charge in [-0.3, -0.25) is 4.99 Å². The molecule has 3 nitrogen and oxygen atoms in total. The molecule has 2 aromatic carbocycles. The van der Waals surface area contributed by atoms with Crippen molar-refractivity contribution >= 4 is 18.3 Å². The second-order valence-electron chi connectivity index (χ2n) is 3.93. The monoisotopic (exact) mass is 251 g/mol. The van der Waals surface area contributed by atoms with Crippen LogP contribution in [0.4, 0.5) is 0 Å². The molecule has 0 saturated heterocycles. The van der Waals surface area contributed by atoms with Crippen LogP contribution in [0.1, 0.15) is 21.5 Å². The second kappa shape index (κ2) is 6.31. The summed E-state index contributed by atoms with van der Waals surface area (Å²) < 4.78 is 0. The van der Waals surface area contributed by atoms with Gasteiger partial charge in [-0.05, 0) is 29.3 Å². The number of carboxylic acid groups (broad SMARTS) is 1. The number of hydrogen-bond acceptors (Lipinski definition) is 2. The molecule has 0 amide bonds. The third-order valence-electron chi connectivity index (χ3n) is 2.53. The fourth-order valence-corrected chi connectivity index (χ4v) is 1.53. The van der Waals surface area contributed by atoms with Gasteiger partial charge in [-0.1, -0.05) is 42.5 Å². The van der Waals surface area contributed by atoms with Gasteiger partial charge >= 0.3 is 5.97 Å². The molecule has 0 aliphatic rings. The van der Waals surface area contributed by atoms with Crippen molar-refractivity contribution in [3.05, 3.63) is 77.5 Å². The molecule has 0 aliphatic heterocycles. The molecule has 19 heavy (non-hydrogen) atoms. The Balaban J connectivity index is 1.99. The van der Waals surface area contributed by atoms with Crippen LogP contribution in [-0.4, -0.2) is 17.3 Å². The lowest BCUT2D eigenvalue weighted by molar-refractivity contribution is 0.0697. The Hall–Kier alpha value is -2.68. The SMILES string of the molecule is O=C(O)c1ccc(C=NC=Cc2ccccc2)cc1. The first-order valence-electron chi connectivity index (χ1n) is 5.84. The molecular weight excluding hydrogens is 238 g/mol. The summed E-state index contributed by atoms with van der Waals surface area (Å²) in [5.41, 5.74) is 2.22. The standard InChI is InChI=1S/C16H13NO2/c18-16(19)15-8-6-14(7-9-15)12-17-11-10-13-4-2-1-3-5-13/h1-12H,(H,18,19). The molecular formula is C16H13NO2. The second-order valence-corrected chi connectivity index (χ2v) is 3.93. The topological polar surface area (TPSA) is 49.7 Å². The smallest absolute Gasteiger partial charge is 0.335 e. The Morgan fingerprint density at radius 3 is 2.26 bits per heavy atom. The van der Waals surface area contributed by atoms with Gasteiger partial charge in [0.2, 0.25) is 0 Å². The minimum absolute atomic E-state index is 0.275. The van der Waals surface area contributed by atoms with Gasteiger partial charge in [0.25, 0.3) is 0 Å². The summed E-state index contributed by atoms with van der Waals surface area (Å²) in [6.07, 6.45) is 5.30. The van der Waals surface area contributed by atoms with Crippen molar-refractivity contribution in [1.82, 2.24) is 0 Å². The quantitative estimate of drug-likeness (QED) is 0.846. The van der Waals surface area contributed by atoms with Crippen LogP contribution in [0.15, 0.2) is 65.8 Å². The lowest BCUT2D eigenvalue weighted by Crippen LogP contribution is -1.95. The molecule has 0 radical (unpaired) electrons. The highest BCUT2D eigenvalue weighted by Gasteiger charge is 1.99. The predicted octanol–water partition coefficient (Wildman–Crippen LogP) is 3.47. The number of aromatic carboxylic acids is 1. The van der Waals surface area contributed by atoms with Crippen molar-refractivity contribution in [1.29, 1.82) is 0 Å². The highest BCUT2D eigenvalue weighted by Crippen LogP contribution is 2.03. The van der Waals surface area contributed by atoms with E-state index in [1.54, 1.807) is 36.7 Å². The summed E-state index contributed by atoms with van der Waals surface area (Å²) in [5, 5.41) is 8.77. The Labute approximate surface area is 111 Å². The third kappa shape index (κ3) is 3.92. The number of aliphatic imine (C=N–C) groups is 1. The highest BCUT2D eigenvalue weighted by molar-refractivity contribution is 5.89. The van der Waals surface area contributed by atoms with E-state index < -0.39 is 5.97 Å². The van der Waals surface area contributed by atoms with E-state index in [4.69, 9.17) is 5.11 Å². The normalized spacial score (nSPS) is 11.2. The van der Waals surface area contributed by atoms with Gasteiger partial charge in [0.15, 0.2) is 0 Å². The summed E-state index contributed by atoms with van der Waals surface area (Å²) in [5.74, 6) is -0.924. The minimum Gasteiger partial charge on any atom is -0.478 e. The predicted molar refractivity (Wildman–Crippen MR) is 76.5 cm³/mol. The van der Waals surface area contributed by atoms with Crippen molar-refractivity contribution in [3.63, 3.8) is 0 Å². The molecule has 2 rings (SSSR count). The lowest BCUT2D eigenvalue weighted by Gasteiger charge is -1.94. The molecule has 2 aromatic rings. The summed E-state index contributed by atoms with van der Waals surface area (Å²) >= 11 is 0. The van der Waals surface area contributed by atoms with Crippen LogP contribution in [0.2, 0.25) is 0 Å². The number of rotatable bonds is 4. The van der Waals surface area contributed by atoms with Crippen LogP contribution in [0.5, 0.6) is 0 Å². The zero-order chi connectivity index (χ0) is 13.5. The molecule has 0 saturated carbocycles. The van der Waals surface area contributed by atoms with Gasteiger partial charge in [-0.15, -0.1) is 0 Å². The average Bonchev–Trinajstić information content (AvgIpc) is 2.45. The molecule has 94 valence electrons. The number of carboxylic acids is 1. The van der Waals surface area contributed by atoms with Crippen molar-refractivity contribution in [2.24, 2.45) is 4.99 Å². The first-order chi connectivity index (χ1) is 9.25. The van der Waals surface area contributed by atoms with Gasteiger partial charge in [0.05, 0.1) is 5.56 Å². The highest BCUT2D eigenvalue weighted by atomic mass is 16.4. The number of benzene rings is 2. The molecule has 0 atom stereocenters. The number of carbonyl (C=O) groups is 1. The minimum atomic E-state index is -0.924. The molecule has 3 heteroatoms. The van der Waals surface area contributed by atoms with E-state index in [9.17, 15) is 4.79 Å². The molecule has 0 aromatic heterocycles. The van der Waals surface area contributed by atoms with Gasteiger partial charge in [0, 0.05) is 12.4 Å². The van der Waals surface area contributed by atoms with Crippen LogP contribution in [0.25, 0.3) is 6.08 Å². The third-order valence-corrected chi connectivity index (χ3v) is 2.53. The Morgan fingerprint density at radius 1 is 0.947 bits per heavy atom. The van der Waals surface area contributed by atoms with Crippen molar-refractivity contribution in [2.45, 2.75) is 0 Å². The maximum Gasteiger partial charge on any atom is 0.335 e. The van der Waals surface area contributed by atoms with E-state index in [2.05, 4.69) is 4.99 Å². The molecule has 0 unspecified atom stereocenters. The van der Waals surface area contributed by atoms with E-state index in [-0.39, 0.29) is 5.56 Å². The fourth-order valence-electron chi connectivity index (χ4n) is 1.53. The summed E-state index contributed by atoms with van der Waals surface area (Å²) in [7, 11) is 0. The molecule has 0 bridgehead atoms. The Kier molecular flexibility index (Phi) is 4.24. The Bertz CT molecular complexity index is 598. The molecule has 0 spiro atoms. The van der Waals surface area contributed by atoms with E-state index in [0.29, 0.717) is 0 Å². The maximum absolute atomic E-state index is 10.7. The van der Waals surface area contributed by atoms with Crippen LogP contribution in [0, 0.1) is 0 Å². The molecule has 0 aliphatic carbocycles. The van der Waals surface area contributed by atoms with Crippen LogP contribution < -0.4 is 0 Å². The van der Waals surface area contributed by atoms with E-state index in [1.165, 1.54) is 0 Å². The van der Waals surface area contributed by atoms with E-state index in [0.717, 1.165) is 11.1 Å². The van der Waals surface area contributed by atoms with Gasteiger partial charge in [0.1, 0.15) is 0 Å². The first-order valence-corrected chi connectivity index (χ1v) is 5.84. The molecule has 0 fully saturated rings. The van der Waals surface area contributed by atoms with Gasteiger partial charge < -0.3 is 5.11 Å². The zero-order valence-electron chi connectivity index (χ0n) is 10.2. The lowest BCUT2D eigenvalue weighted by atomic mass is 10.1. The largest absolute Gasteiger partial charge is 0.478 e. The summed E-state index contributed by atoms with van der Waals surface area (Å²) in [6.45, 7) is 0. The maximum atomic E-state index is 10.7. The van der Waals surface area contributed by atoms with Crippen molar-refractivity contribution in [2.75, 3.05) is 0 Å². The van der Waals surface area contributed by atoms with Crippen LogP contribution in [0.3, 0.4) is 0 Å². The van der Waals surface area contributed by atoms with E-state index in [1.807, 2.05) is 36.4 Å². The first kappa shape index (κ1) is 12.8. The Morgan fingerprint density at radius 2 is 1.63 bits per heavy atom. The molecule has 1 N–H and O–H groups in total. The number of hydrogen-bond donors (Lipinski definition) is 1. The fraction of sp³-hybridized carbons (Fsp3) is 0. The van der Waals surface area contributed by atoms with Crippen molar-refractivity contribution in [3.8, 4) is 0 Å². The summed E-state index contributed by atoms with van der Waals surface area (Å²) in [6, 6.07) is 16.5. The van der Waals surface area contributed by atoms with Gasteiger partial charge in [-0.25, -0.2) is 4.79 Å².